The summed E-state index contributed by atoms with van der Waals surface area (Å²) in [6.45, 7) is 3.93. The molecule has 0 heterocycles. The molecule has 4 rings (SSSR count). The fraction of sp³-hybridized carbons (Fsp3) is 0.833. The van der Waals surface area contributed by atoms with Crippen molar-refractivity contribution in [2.24, 2.45) is 23.2 Å². The van der Waals surface area contributed by atoms with Crippen molar-refractivity contribution in [3.05, 3.63) is 0 Å². The van der Waals surface area contributed by atoms with Crippen LogP contribution in [0.4, 0.5) is 0 Å². The molecule has 0 aromatic heterocycles. The maximum absolute atomic E-state index is 13.9. The average molecular weight is 688 g/mol. The molecule has 3 atom stereocenters. The van der Waals surface area contributed by atoms with Crippen LogP contribution in [0.2, 0.25) is 0 Å². The van der Waals surface area contributed by atoms with Gasteiger partial charge in [0.15, 0.2) is 0 Å². The number of amides is 1. The molecule has 4 aliphatic rings. The van der Waals surface area contributed by atoms with Crippen LogP contribution in [0.5, 0.6) is 0 Å². The molecule has 0 spiro atoms. The normalized spacial score (nSPS) is 31.0. The van der Waals surface area contributed by atoms with E-state index in [0.29, 0.717) is 17.8 Å². The van der Waals surface area contributed by atoms with Gasteiger partial charge in [0.2, 0.25) is 5.91 Å². The van der Waals surface area contributed by atoms with Crippen LogP contribution in [0.15, 0.2) is 0 Å². The van der Waals surface area contributed by atoms with E-state index >= 15 is 0 Å². The molecular formula is C24H34Br3NO7. The van der Waals surface area contributed by atoms with Crippen LogP contribution in [0.25, 0.3) is 0 Å². The van der Waals surface area contributed by atoms with Gasteiger partial charge in [-0.2, -0.15) is 0 Å². The first-order chi connectivity index (χ1) is 16.3. The quantitative estimate of drug-likeness (QED) is 0.199. The number of esters is 3. The standard InChI is InChI=1S/C24H34Br3NO7/c1-13(25)19(29)33-10-24(11-34-20(30)14(2)26,12-35-21(31)15(3)27)28-22(32)23-7-16-4-17(8-23)6-18(5-16)9-23/h13-18H,4-12H2,1-3H3,(H,28,32). The number of ether oxygens (including phenoxy) is 3. The molecule has 4 fully saturated rings. The number of hydrogen-bond acceptors (Lipinski definition) is 7. The highest BCUT2D eigenvalue weighted by molar-refractivity contribution is 9.10. The summed E-state index contributed by atoms with van der Waals surface area (Å²) in [7, 11) is 0. The van der Waals surface area contributed by atoms with Gasteiger partial charge in [0, 0.05) is 5.41 Å². The van der Waals surface area contributed by atoms with Crippen LogP contribution < -0.4 is 5.32 Å². The van der Waals surface area contributed by atoms with Crippen LogP contribution in [0.3, 0.4) is 0 Å². The Hall–Kier alpha value is -0.680. The molecule has 0 radical (unpaired) electrons. The topological polar surface area (TPSA) is 108 Å². The van der Waals surface area contributed by atoms with E-state index in [4.69, 9.17) is 14.2 Å². The number of hydrogen-bond donors (Lipinski definition) is 1. The van der Waals surface area contributed by atoms with Crippen molar-refractivity contribution in [3.63, 3.8) is 0 Å². The summed E-state index contributed by atoms with van der Waals surface area (Å²) in [5, 5.41) is 3.05. The molecule has 198 valence electrons. The molecule has 4 saturated carbocycles. The zero-order valence-corrected chi connectivity index (χ0v) is 25.1. The molecular weight excluding hydrogens is 654 g/mol. The van der Waals surface area contributed by atoms with Crippen molar-refractivity contribution in [2.45, 2.75) is 79.3 Å². The van der Waals surface area contributed by atoms with Crippen molar-refractivity contribution in [1.29, 1.82) is 0 Å². The fourth-order valence-electron chi connectivity index (χ4n) is 5.97. The van der Waals surface area contributed by atoms with Gasteiger partial charge in [0.1, 0.15) is 39.8 Å². The lowest BCUT2D eigenvalue weighted by Crippen LogP contribution is -2.64. The zero-order valence-electron chi connectivity index (χ0n) is 20.3. The molecule has 8 nitrogen and oxygen atoms in total. The summed E-state index contributed by atoms with van der Waals surface area (Å²) in [4.78, 5) is 49.0. The van der Waals surface area contributed by atoms with Gasteiger partial charge in [0.25, 0.3) is 0 Å². The maximum atomic E-state index is 13.9. The van der Waals surface area contributed by atoms with Crippen LogP contribution in [0, 0.1) is 23.2 Å². The van der Waals surface area contributed by atoms with E-state index in [-0.39, 0.29) is 25.7 Å². The summed E-state index contributed by atoms with van der Waals surface area (Å²) < 4.78 is 16.4. The highest BCUT2D eigenvalue weighted by Crippen LogP contribution is 2.60. The molecule has 4 bridgehead atoms. The van der Waals surface area contributed by atoms with Crippen LogP contribution in [-0.4, -0.2) is 63.7 Å². The van der Waals surface area contributed by atoms with Crippen LogP contribution >= 0.6 is 47.8 Å². The average Bonchev–Trinajstić information content (AvgIpc) is 2.77. The Bertz CT molecular complexity index is 735. The number of alkyl halides is 3. The Labute approximate surface area is 231 Å². The molecule has 0 saturated heterocycles. The van der Waals surface area contributed by atoms with Gasteiger partial charge >= 0.3 is 17.9 Å². The molecule has 0 aromatic carbocycles. The molecule has 1 amide bonds. The largest absolute Gasteiger partial charge is 0.462 e. The van der Waals surface area contributed by atoms with E-state index in [0.717, 1.165) is 19.3 Å². The number of nitrogens with one attached hydrogen (secondary N) is 1. The second kappa shape index (κ2) is 11.8. The fourth-order valence-corrected chi connectivity index (χ4v) is 6.36. The van der Waals surface area contributed by atoms with Crippen molar-refractivity contribution in [3.8, 4) is 0 Å². The Balaban J connectivity index is 1.86. The van der Waals surface area contributed by atoms with E-state index in [9.17, 15) is 19.2 Å². The van der Waals surface area contributed by atoms with E-state index in [2.05, 4.69) is 53.1 Å². The lowest BCUT2D eigenvalue weighted by Gasteiger charge is -2.56. The monoisotopic (exact) mass is 685 g/mol. The smallest absolute Gasteiger partial charge is 0.319 e. The summed E-state index contributed by atoms with van der Waals surface area (Å²) in [5.74, 6) is -0.130. The summed E-state index contributed by atoms with van der Waals surface area (Å²) >= 11 is 9.55. The Morgan fingerprint density at radius 1 is 0.743 bits per heavy atom. The summed E-state index contributed by atoms with van der Waals surface area (Å²) in [6.07, 6.45) is 6.03. The van der Waals surface area contributed by atoms with Gasteiger partial charge in [0.05, 0.1) is 0 Å². The van der Waals surface area contributed by atoms with E-state index in [1.54, 1.807) is 20.8 Å². The summed E-state index contributed by atoms with van der Waals surface area (Å²) in [5.41, 5.74) is -1.92. The Kier molecular flexibility index (Phi) is 9.73. The van der Waals surface area contributed by atoms with Gasteiger partial charge in [-0.15, -0.1) is 0 Å². The Morgan fingerprint density at radius 2 is 1.06 bits per heavy atom. The number of rotatable bonds is 11. The van der Waals surface area contributed by atoms with Crippen molar-refractivity contribution in [2.75, 3.05) is 19.8 Å². The van der Waals surface area contributed by atoms with E-state index in [1.165, 1.54) is 19.3 Å². The lowest BCUT2D eigenvalue weighted by molar-refractivity contribution is -0.163. The van der Waals surface area contributed by atoms with Gasteiger partial charge in [-0.25, -0.2) is 0 Å². The first kappa shape index (κ1) is 28.9. The third-order valence-electron chi connectivity index (χ3n) is 7.35. The second-order valence-electron chi connectivity index (χ2n) is 10.6. The van der Waals surface area contributed by atoms with Crippen molar-refractivity contribution in [1.82, 2.24) is 5.32 Å². The third-order valence-corrected chi connectivity index (χ3v) is 8.47. The molecule has 1 N–H and O–H groups in total. The maximum Gasteiger partial charge on any atom is 0.319 e. The third kappa shape index (κ3) is 7.21. The molecule has 3 unspecified atom stereocenters. The number of carbonyl (C=O) groups excluding carboxylic acids is 4. The highest BCUT2D eigenvalue weighted by Gasteiger charge is 2.56. The minimum atomic E-state index is -1.42. The van der Waals surface area contributed by atoms with Crippen LogP contribution in [0.1, 0.15) is 59.3 Å². The van der Waals surface area contributed by atoms with E-state index in [1.807, 2.05) is 0 Å². The first-order valence-electron chi connectivity index (χ1n) is 12.1. The first-order valence-corrected chi connectivity index (χ1v) is 14.8. The van der Waals surface area contributed by atoms with Gasteiger partial charge in [-0.3, -0.25) is 19.2 Å². The van der Waals surface area contributed by atoms with Crippen molar-refractivity contribution < 1.29 is 33.4 Å². The lowest BCUT2D eigenvalue weighted by atomic mass is 9.49. The van der Waals surface area contributed by atoms with Gasteiger partial charge < -0.3 is 19.5 Å². The predicted molar refractivity (Wildman–Crippen MR) is 140 cm³/mol. The zero-order chi connectivity index (χ0) is 26.0. The Morgan fingerprint density at radius 3 is 1.34 bits per heavy atom. The number of halogens is 3. The molecule has 0 aromatic rings. The second-order valence-corrected chi connectivity index (χ2v) is 14.7. The van der Waals surface area contributed by atoms with E-state index < -0.39 is 43.3 Å². The minimum absolute atomic E-state index is 0.148. The summed E-state index contributed by atoms with van der Waals surface area (Å²) in [6, 6.07) is 0. The predicted octanol–water partition coefficient (Wildman–Crippen LogP) is 4.04. The molecule has 4 aliphatic carbocycles. The SMILES string of the molecule is CC(Br)C(=O)OCC(COC(=O)C(C)Br)(COC(=O)C(C)Br)NC(=O)C12CC3CC(CC(C3)C1)C2. The molecule has 11 heteroatoms. The number of carbonyl (C=O) groups is 4. The molecule has 35 heavy (non-hydrogen) atoms. The van der Waals surface area contributed by atoms with Crippen LogP contribution in [-0.2, 0) is 33.4 Å². The van der Waals surface area contributed by atoms with Crippen molar-refractivity contribution >= 4 is 71.6 Å². The van der Waals surface area contributed by atoms with Gasteiger partial charge in [-0.05, 0) is 77.0 Å². The molecule has 0 aliphatic heterocycles. The minimum Gasteiger partial charge on any atom is -0.462 e. The van der Waals surface area contributed by atoms with Gasteiger partial charge in [-0.1, -0.05) is 47.8 Å². The highest BCUT2D eigenvalue weighted by atomic mass is 79.9.